The van der Waals surface area contributed by atoms with E-state index in [1.54, 1.807) is 30.1 Å². The van der Waals surface area contributed by atoms with Crippen LogP contribution in [0.3, 0.4) is 0 Å². The number of aromatic nitrogens is 2. The fourth-order valence-corrected chi connectivity index (χ4v) is 3.48. The minimum Gasteiger partial charge on any atom is -0.481 e. The van der Waals surface area contributed by atoms with Crippen molar-refractivity contribution in [3.05, 3.63) is 70.2 Å². The number of benzene rings is 1. The lowest BCUT2D eigenvalue weighted by molar-refractivity contribution is -0.137. The van der Waals surface area contributed by atoms with Gasteiger partial charge in [-0.1, -0.05) is 23.7 Å². The molecule has 1 aromatic carbocycles. The molecule has 3 rings (SSSR count). The maximum Gasteiger partial charge on any atom is 0.305 e. The average Bonchev–Trinajstić information content (AvgIpc) is 2.98. The molecule has 1 atom stereocenters. The molecule has 1 N–H and O–H groups in total. The quantitative estimate of drug-likeness (QED) is 0.602. The summed E-state index contributed by atoms with van der Waals surface area (Å²) in [7, 11) is 5.53. The van der Waals surface area contributed by atoms with Gasteiger partial charge in [0.15, 0.2) is 0 Å². The van der Waals surface area contributed by atoms with E-state index in [0.717, 1.165) is 16.8 Å². The van der Waals surface area contributed by atoms with Crippen LogP contribution in [-0.2, 0) is 16.6 Å². The van der Waals surface area contributed by atoms with Gasteiger partial charge in [0.05, 0.1) is 30.1 Å². The lowest BCUT2D eigenvalue weighted by Crippen LogP contribution is -2.18. The summed E-state index contributed by atoms with van der Waals surface area (Å²) in [6, 6.07) is 6.44. The van der Waals surface area contributed by atoms with E-state index >= 15 is 0 Å². The lowest BCUT2D eigenvalue weighted by atomic mass is 9.92. The minimum absolute atomic E-state index is 0.247. The normalized spacial score (nSPS) is 18.9. The molecule has 2 heterocycles. The lowest BCUT2D eigenvalue weighted by Gasteiger charge is -2.17. The van der Waals surface area contributed by atoms with Crippen LogP contribution in [0.1, 0.15) is 23.2 Å². The third-order valence-corrected chi connectivity index (χ3v) is 4.78. The molecule has 0 spiro atoms. The largest absolute Gasteiger partial charge is 0.481 e. The highest BCUT2D eigenvalue weighted by Gasteiger charge is 2.31. The number of aliphatic carboxylic acids is 1. The van der Waals surface area contributed by atoms with Crippen molar-refractivity contribution in [1.29, 1.82) is 0 Å². The van der Waals surface area contributed by atoms with Crippen LogP contribution in [0.4, 0.5) is 0 Å². The maximum atomic E-state index is 11.6. The molecule has 7 nitrogen and oxygen atoms in total. The van der Waals surface area contributed by atoms with Gasteiger partial charge < -0.3 is 10.0 Å². The van der Waals surface area contributed by atoms with Gasteiger partial charge in [-0.05, 0) is 23.8 Å². The van der Waals surface area contributed by atoms with E-state index in [1.165, 1.54) is 6.08 Å². The third-order valence-electron chi connectivity index (χ3n) is 4.53. The van der Waals surface area contributed by atoms with E-state index in [-0.39, 0.29) is 6.42 Å². The van der Waals surface area contributed by atoms with Gasteiger partial charge in [-0.15, -0.1) is 0 Å². The highest BCUT2D eigenvalue weighted by atomic mass is 35.5. The number of allylic oxidation sites excluding steroid dienone is 1. The molecule has 29 heavy (non-hydrogen) atoms. The zero-order valence-corrected chi connectivity index (χ0v) is 17.1. The van der Waals surface area contributed by atoms with Crippen LogP contribution in [0.25, 0.3) is 5.57 Å². The molecule has 0 bridgehead atoms. The maximum absolute atomic E-state index is 11.6. The van der Waals surface area contributed by atoms with Gasteiger partial charge in [-0.25, -0.2) is 0 Å². The van der Waals surface area contributed by atoms with Crippen LogP contribution < -0.4 is 0 Å². The number of hydrogen-bond acceptors (Lipinski definition) is 5. The number of nitrogens with zero attached hydrogens (tertiary/aromatic N) is 4. The van der Waals surface area contributed by atoms with E-state index in [9.17, 15) is 14.7 Å². The van der Waals surface area contributed by atoms with Crippen LogP contribution in [0, 0.1) is 0 Å². The number of aldehydes is 1. The fourth-order valence-electron chi connectivity index (χ4n) is 3.35. The standard InChI is InChI=1S/C21H21ClN4O3/c1-25(2)12-17-15(8-9-27)18(10-19(28)29)24-20(13-4-6-14(22)7-5-13)21-16(17)11-23-26(21)3/h4-9,11-12,18H,10H2,1-3H3,(H,28,29)/b15-8+,17-12+. The Labute approximate surface area is 173 Å². The molecule has 1 aliphatic rings. The molecule has 0 fully saturated rings. The minimum atomic E-state index is -1.00. The van der Waals surface area contributed by atoms with E-state index in [1.807, 2.05) is 37.3 Å². The second kappa shape index (κ2) is 8.45. The second-order valence-electron chi connectivity index (χ2n) is 6.89. The highest BCUT2D eigenvalue weighted by Crippen LogP contribution is 2.35. The number of rotatable bonds is 5. The van der Waals surface area contributed by atoms with Gasteiger partial charge in [0.1, 0.15) is 6.29 Å². The number of aryl methyl sites for hydroxylation is 1. The topological polar surface area (TPSA) is 87.8 Å². The SMILES string of the molecule is CN(C)/C=C1\C(=C/C=O)C(CC(=O)O)N=C(c2ccc(Cl)cc2)c2c1cnn2C. The average molecular weight is 413 g/mol. The van der Waals surface area contributed by atoms with Crippen molar-refractivity contribution < 1.29 is 14.7 Å². The van der Waals surface area contributed by atoms with Gasteiger partial charge >= 0.3 is 5.97 Å². The van der Waals surface area contributed by atoms with E-state index in [2.05, 4.69) is 5.10 Å². The predicted octanol–water partition coefficient (Wildman–Crippen LogP) is 2.80. The van der Waals surface area contributed by atoms with Crippen LogP contribution in [-0.4, -0.2) is 57.9 Å². The van der Waals surface area contributed by atoms with Crippen LogP contribution in [0.2, 0.25) is 5.02 Å². The van der Waals surface area contributed by atoms with Crippen molar-refractivity contribution in [1.82, 2.24) is 14.7 Å². The smallest absolute Gasteiger partial charge is 0.305 e. The summed E-state index contributed by atoms with van der Waals surface area (Å²) in [4.78, 5) is 29.6. The zero-order chi connectivity index (χ0) is 21.1. The molecule has 8 heteroatoms. The summed E-state index contributed by atoms with van der Waals surface area (Å²) < 4.78 is 1.70. The first-order valence-electron chi connectivity index (χ1n) is 8.94. The van der Waals surface area contributed by atoms with Crippen molar-refractivity contribution in [3.63, 3.8) is 0 Å². The molecule has 150 valence electrons. The third kappa shape index (κ3) is 4.30. The van der Waals surface area contributed by atoms with Crippen LogP contribution >= 0.6 is 11.6 Å². The number of carbonyl (C=O) groups is 2. The van der Waals surface area contributed by atoms with Gasteiger partial charge in [-0.3, -0.25) is 19.3 Å². The van der Waals surface area contributed by atoms with Gasteiger partial charge in [-0.2, -0.15) is 5.10 Å². The fraction of sp³-hybridized carbons (Fsp3) is 0.238. The second-order valence-corrected chi connectivity index (χ2v) is 7.33. The molecule has 0 saturated carbocycles. The first-order valence-corrected chi connectivity index (χ1v) is 9.32. The molecule has 1 aliphatic heterocycles. The number of aliphatic imine (C=N–C) groups is 1. The van der Waals surface area contributed by atoms with Crippen molar-refractivity contribution in [2.75, 3.05) is 14.1 Å². The Morgan fingerprint density at radius 3 is 2.59 bits per heavy atom. The summed E-state index contributed by atoms with van der Waals surface area (Å²) in [6.07, 6.45) is 5.35. The molecule has 0 amide bonds. The Morgan fingerprint density at radius 2 is 2.00 bits per heavy atom. The van der Waals surface area contributed by atoms with Crippen LogP contribution in [0.15, 0.2) is 53.3 Å². The Bertz CT molecular complexity index is 1030. The molecule has 0 saturated heterocycles. The van der Waals surface area contributed by atoms with E-state index in [0.29, 0.717) is 28.2 Å². The summed E-state index contributed by atoms with van der Waals surface area (Å²) in [5, 5.41) is 14.5. The van der Waals surface area contributed by atoms with Gasteiger partial charge in [0.25, 0.3) is 0 Å². The number of fused-ring (bicyclic) bond motifs is 1. The Kier molecular flexibility index (Phi) is 5.98. The van der Waals surface area contributed by atoms with Gasteiger partial charge in [0.2, 0.25) is 0 Å². The number of hydrogen-bond donors (Lipinski definition) is 1. The van der Waals surface area contributed by atoms with Crippen molar-refractivity contribution >= 4 is 35.1 Å². The van der Waals surface area contributed by atoms with E-state index in [4.69, 9.17) is 16.6 Å². The molecule has 1 aromatic heterocycles. The zero-order valence-electron chi connectivity index (χ0n) is 16.3. The summed E-state index contributed by atoms with van der Waals surface area (Å²) in [6.45, 7) is 0. The number of carbonyl (C=O) groups excluding carboxylic acids is 1. The number of carboxylic acid groups (broad SMARTS) is 1. The molecule has 2 aromatic rings. The highest BCUT2D eigenvalue weighted by molar-refractivity contribution is 6.30. The molecule has 0 radical (unpaired) electrons. The molecule has 0 aliphatic carbocycles. The first kappa shape index (κ1) is 20.5. The van der Waals surface area contributed by atoms with E-state index < -0.39 is 12.0 Å². The Balaban J connectivity index is 2.35. The first-order chi connectivity index (χ1) is 13.8. The summed E-state index contributed by atoms with van der Waals surface area (Å²) >= 11 is 6.04. The Morgan fingerprint density at radius 1 is 1.31 bits per heavy atom. The monoisotopic (exact) mass is 412 g/mol. The molecule has 1 unspecified atom stereocenters. The Hall–Kier alpha value is -3.19. The molecular weight excluding hydrogens is 392 g/mol. The predicted molar refractivity (Wildman–Crippen MR) is 112 cm³/mol. The van der Waals surface area contributed by atoms with Crippen molar-refractivity contribution in [2.45, 2.75) is 12.5 Å². The summed E-state index contributed by atoms with van der Waals surface area (Å²) in [5.41, 5.74) is 4.15. The molecular formula is C21H21ClN4O3. The summed E-state index contributed by atoms with van der Waals surface area (Å²) in [5.74, 6) is -1.00. The van der Waals surface area contributed by atoms with Crippen molar-refractivity contribution in [3.8, 4) is 0 Å². The van der Waals surface area contributed by atoms with Crippen molar-refractivity contribution in [2.24, 2.45) is 12.0 Å². The van der Waals surface area contributed by atoms with Crippen LogP contribution in [0.5, 0.6) is 0 Å². The van der Waals surface area contributed by atoms with Gasteiger partial charge in [0, 0.05) is 49.1 Å². The number of carboxylic acids is 1. The number of halogens is 1.